The van der Waals surface area contributed by atoms with Gasteiger partial charge in [-0.3, -0.25) is 4.79 Å². The van der Waals surface area contributed by atoms with Crippen LogP contribution < -0.4 is 0 Å². The van der Waals surface area contributed by atoms with Gasteiger partial charge in [-0.05, 0) is 0 Å². The molecule has 8 heteroatoms. The maximum absolute atomic E-state index is 12.5. The molecule has 0 bridgehead atoms. The summed E-state index contributed by atoms with van der Waals surface area (Å²) in [7, 11) is -4.72. The lowest BCUT2D eigenvalue weighted by molar-refractivity contribution is -0.129. The zero-order valence-electron chi connectivity index (χ0n) is 7.84. The van der Waals surface area contributed by atoms with Crippen molar-refractivity contribution in [1.29, 1.82) is 0 Å². The molecule has 1 saturated heterocycles. The van der Waals surface area contributed by atoms with Gasteiger partial charge in [0, 0.05) is 19.5 Å². The number of rotatable bonds is 4. The van der Waals surface area contributed by atoms with Crippen LogP contribution >= 0.6 is 0 Å². The van der Waals surface area contributed by atoms with E-state index in [1.807, 2.05) is 0 Å². The van der Waals surface area contributed by atoms with Crippen molar-refractivity contribution in [2.24, 2.45) is 0 Å². The molecule has 2 atom stereocenters. The zero-order valence-corrected chi connectivity index (χ0v) is 8.65. The van der Waals surface area contributed by atoms with Crippen LogP contribution in [-0.4, -0.2) is 60.5 Å². The van der Waals surface area contributed by atoms with Gasteiger partial charge in [-0.1, -0.05) is 0 Å². The van der Waals surface area contributed by atoms with Crippen LogP contribution in [0.25, 0.3) is 0 Å². The van der Waals surface area contributed by atoms with Crippen LogP contribution in [0.2, 0.25) is 0 Å². The first kappa shape index (κ1) is 12.3. The van der Waals surface area contributed by atoms with Crippen LogP contribution in [0, 0.1) is 0 Å². The van der Waals surface area contributed by atoms with E-state index in [1.165, 1.54) is 0 Å². The lowest BCUT2D eigenvalue weighted by Gasteiger charge is -2.18. The number of β-amino-alcohol motifs (C(OH)–C–C–N with tert-alkyl or cyclic N) is 1. The van der Waals surface area contributed by atoms with Gasteiger partial charge in [0.25, 0.3) is 0 Å². The highest BCUT2D eigenvalue weighted by molar-refractivity contribution is 7.87. The molecule has 15 heavy (non-hydrogen) atoms. The fourth-order valence-corrected chi connectivity index (χ4v) is 2.11. The van der Waals surface area contributed by atoms with Gasteiger partial charge in [0.2, 0.25) is 5.91 Å². The Kier molecular flexibility index (Phi) is 3.63. The SMILES string of the molecule is O=C1CC(S(=O)(=O)F)CN1C[C@@H](O)CO. The van der Waals surface area contributed by atoms with Gasteiger partial charge < -0.3 is 15.1 Å². The van der Waals surface area contributed by atoms with E-state index < -0.39 is 40.5 Å². The van der Waals surface area contributed by atoms with Gasteiger partial charge in [0.05, 0.1) is 12.7 Å². The van der Waals surface area contributed by atoms with E-state index >= 15 is 0 Å². The van der Waals surface area contributed by atoms with Gasteiger partial charge in [0.1, 0.15) is 5.25 Å². The summed E-state index contributed by atoms with van der Waals surface area (Å²) in [5.74, 6) is -0.534. The number of carbonyl (C=O) groups is 1. The summed E-state index contributed by atoms with van der Waals surface area (Å²) in [6.07, 6.45) is -1.54. The van der Waals surface area contributed by atoms with E-state index in [1.54, 1.807) is 0 Å². The molecular formula is C7H12FNO5S. The summed E-state index contributed by atoms with van der Waals surface area (Å²) >= 11 is 0. The number of hydrogen-bond donors (Lipinski definition) is 2. The number of halogens is 1. The summed E-state index contributed by atoms with van der Waals surface area (Å²) in [4.78, 5) is 12.2. The van der Waals surface area contributed by atoms with Gasteiger partial charge >= 0.3 is 10.2 Å². The Hall–Kier alpha value is -0.730. The minimum absolute atomic E-state index is 0.179. The summed E-state index contributed by atoms with van der Waals surface area (Å²) in [5.41, 5.74) is 0. The standard InChI is InChI=1S/C7H12FNO5S/c8-15(13,14)6-1-7(12)9(3-6)2-5(11)4-10/h5-6,10-11H,1-4H2/t5-,6?/m1/s1. The minimum Gasteiger partial charge on any atom is -0.394 e. The fraction of sp³-hybridized carbons (Fsp3) is 0.857. The first-order valence-electron chi connectivity index (χ1n) is 4.34. The molecule has 1 rings (SSSR count). The number of hydrogen-bond acceptors (Lipinski definition) is 5. The van der Waals surface area contributed by atoms with E-state index in [0.717, 1.165) is 4.90 Å². The second-order valence-corrected chi connectivity index (χ2v) is 5.05. The van der Waals surface area contributed by atoms with Crippen molar-refractivity contribution < 1.29 is 27.3 Å². The van der Waals surface area contributed by atoms with Crippen molar-refractivity contribution in [1.82, 2.24) is 4.90 Å². The summed E-state index contributed by atoms with van der Waals surface area (Å²) < 4.78 is 33.6. The van der Waals surface area contributed by atoms with Gasteiger partial charge in [-0.25, -0.2) is 0 Å². The van der Waals surface area contributed by atoms with Gasteiger partial charge in [-0.15, -0.1) is 3.89 Å². The number of aliphatic hydroxyl groups is 2. The Morgan fingerprint density at radius 1 is 1.60 bits per heavy atom. The molecular weight excluding hydrogens is 229 g/mol. The fourth-order valence-electron chi connectivity index (χ4n) is 1.41. The second-order valence-electron chi connectivity index (χ2n) is 3.44. The molecule has 0 spiro atoms. The molecule has 1 aliphatic heterocycles. The molecule has 0 saturated carbocycles. The maximum atomic E-state index is 12.5. The van der Waals surface area contributed by atoms with Crippen molar-refractivity contribution in [2.75, 3.05) is 19.7 Å². The van der Waals surface area contributed by atoms with E-state index in [4.69, 9.17) is 10.2 Å². The molecule has 0 aliphatic carbocycles. The molecule has 6 nitrogen and oxygen atoms in total. The first-order chi connectivity index (χ1) is 6.84. The molecule has 1 amide bonds. The van der Waals surface area contributed by atoms with Crippen LogP contribution in [0.1, 0.15) is 6.42 Å². The first-order valence-corrected chi connectivity index (χ1v) is 5.79. The average Bonchev–Trinajstić information content (AvgIpc) is 2.47. The Balaban J connectivity index is 2.61. The van der Waals surface area contributed by atoms with Crippen LogP contribution in [0.4, 0.5) is 3.89 Å². The molecule has 88 valence electrons. The Morgan fingerprint density at radius 3 is 2.60 bits per heavy atom. The highest BCUT2D eigenvalue weighted by Crippen LogP contribution is 2.19. The molecule has 2 N–H and O–H groups in total. The molecule has 0 aromatic carbocycles. The highest BCUT2D eigenvalue weighted by atomic mass is 32.3. The lowest BCUT2D eigenvalue weighted by Crippen LogP contribution is -2.36. The van der Waals surface area contributed by atoms with E-state index in [-0.39, 0.29) is 13.1 Å². The smallest absolute Gasteiger partial charge is 0.307 e. The molecule has 1 aliphatic rings. The second kappa shape index (κ2) is 4.42. The van der Waals surface area contributed by atoms with Gasteiger partial charge in [-0.2, -0.15) is 8.42 Å². The molecule has 1 unspecified atom stereocenters. The molecule has 0 aromatic heterocycles. The molecule has 1 heterocycles. The van der Waals surface area contributed by atoms with E-state index in [2.05, 4.69) is 0 Å². The Bertz CT molecular complexity index is 343. The number of carbonyl (C=O) groups excluding carboxylic acids is 1. The van der Waals surface area contributed by atoms with Gasteiger partial charge in [0.15, 0.2) is 0 Å². The third kappa shape index (κ3) is 3.11. The number of aliphatic hydroxyl groups excluding tert-OH is 2. The third-order valence-corrected chi connectivity index (χ3v) is 3.33. The number of nitrogens with zero attached hydrogens (tertiary/aromatic N) is 1. The Labute approximate surface area is 86.5 Å². The highest BCUT2D eigenvalue weighted by Gasteiger charge is 2.38. The van der Waals surface area contributed by atoms with Crippen molar-refractivity contribution in [3.8, 4) is 0 Å². The zero-order chi connectivity index (χ0) is 11.6. The normalized spacial score (nSPS) is 24.6. The molecule has 0 aromatic rings. The lowest BCUT2D eigenvalue weighted by atomic mass is 10.3. The molecule has 1 fully saturated rings. The van der Waals surface area contributed by atoms with Crippen molar-refractivity contribution >= 4 is 16.1 Å². The monoisotopic (exact) mass is 241 g/mol. The summed E-state index contributed by atoms with van der Waals surface area (Å²) in [5, 5.41) is 16.2. The predicted octanol–water partition coefficient (Wildman–Crippen LogP) is -1.76. The predicted molar refractivity (Wildman–Crippen MR) is 48.1 cm³/mol. The van der Waals surface area contributed by atoms with Crippen LogP contribution in [-0.2, 0) is 15.0 Å². The van der Waals surface area contributed by atoms with Crippen molar-refractivity contribution in [2.45, 2.75) is 17.8 Å². The third-order valence-electron chi connectivity index (χ3n) is 2.22. The van der Waals surface area contributed by atoms with Crippen LogP contribution in [0.5, 0.6) is 0 Å². The number of likely N-dealkylation sites (tertiary alicyclic amines) is 1. The molecule has 0 radical (unpaired) electrons. The topological polar surface area (TPSA) is 94.9 Å². The van der Waals surface area contributed by atoms with Crippen LogP contribution in [0.15, 0.2) is 0 Å². The largest absolute Gasteiger partial charge is 0.394 e. The Morgan fingerprint density at radius 2 is 2.20 bits per heavy atom. The summed E-state index contributed by atoms with van der Waals surface area (Å²) in [6, 6.07) is 0. The minimum atomic E-state index is -4.72. The summed E-state index contributed by atoms with van der Waals surface area (Å²) in [6.45, 7) is -0.979. The van der Waals surface area contributed by atoms with Crippen molar-refractivity contribution in [3.63, 3.8) is 0 Å². The van der Waals surface area contributed by atoms with E-state index in [0.29, 0.717) is 0 Å². The van der Waals surface area contributed by atoms with Crippen molar-refractivity contribution in [3.05, 3.63) is 0 Å². The number of amides is 1. The van der Waals surface area contributed by atoms with Crippen LogP contribution in [0.3, 0.4) is 0 Å². The maximum Gasteiger partial charge on any atom is 0.307 e. The quantitative estimate of drug-likeness (QED) is 0.568. The van der Waals surface area contributed by atoms with E-state index in [9.17, 15) is 17.1 Å². The average molecular weight is 241 g/mol.